The number of carbonyl (C=O) groups excluding carboxylic acids is 1. The Hall–Kier alpha value is -0.690. The Labute approximate surface area is 211 Å². The van der Waals surface area contributed by atoms with Crippen LogP contribution in [0, 0.1) is 58.2 Å². The summed E-state index contributed by atoms with van der Waals surface area (Å²) in [4.78, 5) is 13.0. The van der Waals surface area contributed by atoms with E-state index in [1.165, 1.54) is 0 Å². The number of ether oxygens (including phenoxy) is 1. The second-order valence-electron chi connectivity index (χ2n) is 13.5. The topological polar surface area (TPSA) is 107 Å². The second kappa shape index (κ2) is 9.89. The van der Waals surface area contributed by atoms with E-state index < -0.39 is 24.4 Å². The molecule has 1 heterocycles. The van der Waals surface area contributed by atoms with Crippen LogP contribution in [0.15, 0.2) is 0 Å². The first-order valence-electron chi connectivity index (χ1n) is 14.3. The van der Waals surface area contributed by atoms with Crippen molar-refractivity contribution >= 4 is 5.97 Å². The van der Waals surface area contributed by atoms with Gasteiger partial charge in [-0.1, -0.05) is 48.0 Å². The summed E-state index contributed by atoms with van der Waals surface area (Å²) < 4.78 is 5.88. The fourth-order valence-corrected chi connectivity index (χ4v) is 9.60. The summed E-state index contributed by atoms with van der Waals surface area (Å²) in [5.41, 5.74) is -0.348. The number of cyclic esters (lactones) is 1. The van der Waals surface area contributed by atoms with Crippen molar-refractivity contribution in [1.82, 2.24) is 0 Å². The number of rotatable bonds is 6. The van der Waals surface area contributed by atoms with Crippen LogP contribution in [0.2, 0.25) is 0 Å². The van der Waals surface area contributed by atoms with Gasteiger partial charge in [0.15, 0.2) is 0 Å². The lowest BCUT2D eigenvalue weighted by Crippen LogP contribution is -2.55. The van der Waals surface area contributed by atoms with Crippen LogP contribution in [0.25, 0.3) is 0 Å². The molecule has 13 atom stereocenters. The van der Waals surface area contributed by atoms with Gasteiger partial charge in [-0.3, -0.25) is 4.79 Å². The van der Waals surface area contributed by atoms with Crippen LogP contribution in [-0.2, 0) is 9.53 Å². The van der Waals surface area contributed by atoms with Gasteiger partial charge in [0, 0.05) is 0 Å². The zero-order valence-electron chi connectivity index (χ0n) is 22.7. The van der Waals surface area contributed by atoms with Crippen molar-refractivity contribution in [2.24, 2.45) is 58.2 Å². The van der Waals surface area contributed by atoms with Gasteiger partial charge in [0.05, 0.1) is 36.9 Å². The lowest BCUT2D eigenvalue weighted by atomic mass is 9.48. The van der Waals surface area contributed by atoms with Crippen LogP contribution in [0.4, 0.5) is 0 Å². The molecule has 202 valence electrons. The molecule has 0 spiro atoms. The average Bonchev–Trinajstić information content (AvgIpc) is 3.11. The monoisotopic (exact) mass is 494 g/mol. The van der Waals surface area contributed by atoms with Gasteiger partial charge >= 0.3 is 5.97 Å². The van der Waals surface area contributed by atoms with Gasteiger partial charge < -0.3 is 25.2 Å². The first-order chi connectivity index (χ1) is 16.4. The first kappa shape index (κ1) is 27.3. The third-order valence-corrected chi connectivity index (χ3v) is 11.7. The molecule has 0 amide bonds. The molecule has 1 unspecified atom stereocenters. The minimum absolute atomic E-state index is 0.00679. The van der Waals surface area contributed by atoms with E-state index in [0.29, 0.717) is 30.8 Å². The molecule has 0 bridgehead atoms. The smallest absolute Gasteiger partial charge is 0.309 e. The fraction of sp³-hybridized carbons (Fsp3) is 0.966. The van der Waals surface area contributed by atoms with Crippen LogP contribution < -0.4 is 0 Å². The van der Waals surface area contributed by atoms with Gasteiger partial charge in [-0.25, -0.2) is 0 Å². The summed E-state index contributed by atoms with van der Waals surface area (Å²) in [5, 5.41) is 43.2. The molecule has 0 aromatic carbocycles. The normalized spacial score (nSPS) is 47.1. The maximum absolute atomic E-state index is 13.0. The maximum Gasteiger partial charge on any atom is 0.309 e. The molecule has 4 N–H and O–H groups in total. The molecule has 3 saturated carbocycles. The zero-order valence-corrected chi connectivity index (χ0v) is 22.7. The van der Waals surface area contributed by atoms with Gasteiger partial charge in [-0.15, -0.1) is 0 Å². The summed E-state index contributed by atoms with van der Waals surface area (Å²) in [6.07, 6.45) is 2.49. The van der Waals surface area contributed by atoms with Gasteiger partial charge in [0.1, 0.15) is 0 Å². The van der Waals surface area contributed by atoms with Crippen LogP contribution in [-0.4, -0.2) is 57.4 Å². The Bertz CT molecular complexity index is 770. The number of carbonyl (C=O) groups is 1. The number of hydrogen-bond donors (Lipinski definition) is 4. The van der Waals surface area contributed by atoms with Crippen molar-refractivity contribution in [3.63, 3.8) is 0 Å². The van der Waals surface area contributed by atoms with E-state index in [4.69, 9.17) is 4.74 Å². The molecular weight excluding hydrogens is 444 g/mol. The van der Waals surface area contributed by atoms with Gasteiger partial charge in [0.2, 0.25) is 0 Å². The number of aliphatic hydroxyl groups excluding tert-OH is 4. The van der Waals surface area contributed by atoms with Crippen LogP contribution in [0.1, 0.15) is 86.5 Å². The second-order valence-corrected chi connectivity index (χ2v) is 13.5. The van der Waals surface area contributed by atoms with Crippen molar-refractivity contribution in [3.05, 3.63) is 0 Å². The molecule has 4 rings (SSSR count). The zero-order chi connectivity index (χ0) is 25.9. The number of hydrogen-bond acceptors (Lipinski definition) is 6. The van der Waals surface area contributed by atoms with E-state index in [0.717, 1.165) is 32.1 Å². The third kappa shape index (κ3) is 4.38. The Balaban J connectivity index is 1.57. The minimum Gasteiger partial charge on any atom is -0.465 e. The van der Waals surface area contributed by atoms with Crippen LogP contribution in [0.3, 0.4) is 0 Å². The largest absolute Gasteiger partial charge is 0.465 e. The van der Waals surface area contributed by atoms with E-state index in [1.807, 2.05) is 0 Å². The third-order valence-electron chi connectivity index (χ3n) is 11.7. The standard InChI is InChI=1S/C29H50O6/c1-7-17(15(2)3)26(33)25(32)16(4)19-8-9-20-18-14-35-27(34)22-12-23(30)24(31)13-29(22,6)21(18)10-11-28(19,20)5/h15-26,30-33H,7-14H2,1-6H3/t16-,17-,18-,19+,20-,21?,22+,23-,24+,25+,26+,28+,29+/m0/s1. The Morgan fingerprint density at radius 3 is 2.26 bits per heavy atom. The Morgan fingerprint density at radius 1 is 0.971 bits per heavy atom. The molecule has 3 aliphatic carbocycles. The Morgan fingerprint density at radius 2 is 1.63 bits per heavy atom. The van der Waals surface area contributed by atoms with Crippen molar-refractivity contribution < 1.29 is 30.0 Å². The number of aliphatic hydroxyl groups is 4. The molecule has 1 saturated heterocycles. The molecule has 1 aliphatic heterocycles. The lowest BCUT2D eigenvalue weighted by Gasteiger charge is -2.56. The highest BCUT2D eigenvalue weighted by Crippen LogP contribution is 2.66. The van der Waals surface area contributed by atoms with E-state index in [2.05, 4.69) is 41.5 Å². The highest BCUT2D eigenvalue weighted by molar-refractivity contribution is 5.74. The summed E-state index contributed by atoms with van der Waals surface area (Å²) in [6, 6.07) is 0. The molecule has 0 aromatic rings. The molecule has 0 radical (unpaired) electrons. The number of esters is 1. The van der Waals surface area contributed by atoms with Crippen molar-refractivity contribution in [2.45, 2.75) is 111 Å². The molecular formula is C29H50O6. The number of fused-ring (bicyclic) bond motifs is 5. The molecule has 0 aromatic heterocycles. The average molecular weight is 495 g/mol. The van der Waals surface area contributed by atoms with Crippen LogP contribution >= 0.6 is 0 Å². The van der Waals surface area contributed by atoms with Crippen molar-refractivity contribution in [2.75, 3.05) is 6.61 Å². The molecule has 35 heavy (non-hydrogen) atoms. The summed E-state index contributed by atoms with van der Waals surface area (Å²) in [5.74, 6) is 1.01. The van der Waals surface area contributed by atoms with E-state index in [-0.39, 0.29) is 52.8 Å². The van der Waals surface area contributed by atoms with Crippen molar-refractivity contribution in [3.8, 4) is 0 Å². The van der Waals surface area contributed by atoms with Crippen LogP contribution in [0.5, 0.6) is 0 Å². The molecule has 6 heteroatoms. The van der Waals surface area contributed by atoms with E-state index in [9.17, 15) is 25.2 Å². The summed E-state index contributed by atoms with van der Waals surface area (Å²) in [6.45, 7) is 13.4. The minimum atomic E-state index is -0.867. The van der Waals surface area contributed by atoms with Gasteiger partial charge in [-0.05, 0) is 90.8 Å². The quantitative estimate of drug-likeness (QED) is 0.419. The SMILES string of the molecule is CC[C@@H](C(C)C)[C@@H](O)[C@H](O)[C@@H](C)[C@H]1CC[C@H]2[C@@H]3COC(=O)[C@H]4C[C@H](O)[C@H](O)C[C@]4(C)C3CC[C@]12C. The Kier molecular flexibility index (Phi) is 7.72. The van der Waals surface area contributed by atoms with Crippen molar-refractivity contribution in [1.29, 1.82) is 0 Å². The van der Waals surface area contributed by atoms with E-state index >= 15 is 0 Å². The predicted octanol–water partition coefficient (Wildman–Crippen LogP) is 3.78. The predicted molar refractivity (Wildman–Crippen MR) is 134 cm³/mol. The molecule has 4 fully saturated rings. The summed E-state index contributed by atoms with van der Waals surface area (Å²) >= 11 is 0. The summed E-state index contributed by atoms with van der Waals surface area (Å²) in [7, 11) is 0. The lowest BCUT2D eigenvalue weighted by molar-refractivity contribution is -0.162. The van der Waals surface area contributed by atoms with E-state index in [1.54, 1.807) is 0 Å². The van der Waals surface area contributed by atoms with Gasteiger partial charge in [0.25, 0.3) is 0 Å². The highest BCUT2D eigenvalue weighted by Gasteiger charge is 2.63. The first-order valence-corrected chi connectivity index (χ1v) is 14.3. The fourth-order valence-electron chi connectivity index (χ4n) is 9.60. The highest BCUT2D eigenvalue weighted by atomic mass is 16.5. The maximum atomic E-state index is 13.0. The van der Waals surface area contributed by atoms with Gasteiger partial charge in [-0.2, -0.15) is 0 Å². The molecule has 6 nitrogen and oxygen atoms in total. The molecule has 4 aliphatic rings.